The fourth-order valence-electron chi connectivity index (χ4n) is 2.31. The zero-order valence-electron chi connectivity index (χ0n) is 13.0. The van der Waals surface area contributed by atoms with E-state index in [0.29, 0.717) is 12.2 Å². The molecule has 0 aromatic carbocycles. The Morgan fingerprint density at radius 2 is 1.90 bits per heavy atom. The maximum absolute atomic E-state index is 12.5. The summed E-state index contributed by atoms with van der Waals surface area (Å²) in [4.78, 5) is 0.220. The Balaban J connectivity index is 2.29. The lowest BCUT2D eigenvalue weighted by Crippen LogP contribution is -2.27. The summed E-state index contributed by atoms with van der Waals surface area (Å²) in [5, 5.41) is 8.22. The van der Waals surface area contributed by atoms with Crippen molar-refractivity contribution >= 4 is 10.0 Å². The van der Waals surface area contributed by atoms with E-state index in [-0.39, 0.29) is 10.9 Å². The standard InChI is InChI=1S/C13H21N5O2S/c1-6-18-11(4)13(8-15-18)21(19,20)16-9(2)12-7-14-17(5)10(12)3/h7-9,16H,6H2,1-5H3. The van der Waals surface area contributed by atoms with Gasteiger partial charge in [-0.25, -0.2) is 13.1 Å². The lowest BCUT2D eigenvalue weighted by Gasteiger charge is -2.14. The molecule has 21 heavy (non-hydrogen) atoms. The van der Waals surface area contributed by atoms with Gasteiger partial charge >= 0.3 is 0 Å². The third-order valence-corrected chi connectivity index (χ3v) is 5.36. The van der Waals surface area contributed by atoms with Crippen molar-refractivity contribution in [2.45, 2.75) is 45.2 Å². The molecule has 1 unspecified atom stereocenters. The van der Waals surface area contributed by atoms with E-state index in [1.54, 1.807) is 29.4 Å². The molecule has 0 aliphatic rings. The summed E-state index contributed by atoms with van der Waals surface area (Å²) in [7, 11) is -1.78. The first kappa shape index (κ1) is 15.7. The Labute approximate surface area is 125 Å². The number of sulfonamides is 1. The molecule has 2 rings (SSSR count). The van der Waals surface area contributed by atoms with Crippen LogP contribution in [0.15, 0.2) is 17.3 Å². The molecule has 0 amide bonds. The average molecular weight is 311 g/mol. The lowest BCUT2D eigenvalue weighted by molar-refractivity contribution is 0.564. The molecular formula is C13H21N5O2S. The molecule has 0 bridgehead atoms. The lowest BCUT2D eigenvalue weighted by atomic mass is 10.1. The zero-order valence-corrected chi connectivity index (χ0v) is 13.8. The van der Waals surface area contributed by atoms with E-state index >= 15 is 0 Å². The van der Waals surface area contributed by atoms with E-state index < -0.39 is 10.0 Å². The first-order chi connectivity index (χ1) is 9.77. The molecular weight excluding hydrogens is 290 g/mol. The summed E-state index contributed by atoms with van der Waals surface area (Å²) >= 11 is 0. The van der Waals surface area contributed by atoms with Gasteiger partial charge in [0.2, 0.25) is 10.0 Å². The monoisotopic (exact) mass is 311 g/mol. The largest absolute Gasteiger partial charge is 0.273 e. The van der Waals surface area contributed by atoms with Crippen LogP contribution in [0.1, 0.15) is 36.8 Å². The zero-order chi connectivity index (χ0) is 15.8. The molecule has 0 radical (unpaired) electrons. The second-order valence-electron chi connectivity index (χ2n) is 5.06. The second kappa shape index (κ2) is 5.61. The highest BCUT2D eigenvalue weighted by Crippen LogP contribution is 2.21. The highest BCUT2D eigenvalue weighted by atomic mass is 32.2. The molecule has 0 aliphatic carbocycles. The summed E-state index contributed by atoms with van der Waals surface area (Å²) in [6, 6.07) is -0.354. The normalized spacial score (nSPS) is 13.6. The van der Waals surface area contributed by atoms with Crippen LogP contribution in [0.2, 0.25) is 0 Å². The van der Waals surface area contributed by atoms with E-state index in [1.165, 1.54) is 6.20 Å². The maximum Gasteiger partial charge on any atom is 0.244 e. The Kier molecular flexibility index (Phi) is 4.20. The highest BCUT2D eigenvalue weighted by Gasteiger charge is 2.24. The van der Waals surface area contributed by atoms with Gasteiger partial charge in [0.15, 0.2) is 0 Å². The molecule has 8 heteroatoms. The summed E-state index contributed by atoms with van der Waals surface area (Å²) in [5.41, 5.74) is 2.44. The van der Waals surface area contributed by atoms with E-state index in [2.05, 4.69) is 14.9 Å². The number of aromatic nitrogens is 4. The van der Waals surface area contributed by atoms with Gasteiger partial charge in [0.1, 0.15) is 4.90 Å². The second-order valence-corrected chi connectivity index (χ2v) is 6.74. The number of aryl methyl sites for hydroxylation is 2. The minimum Gasteiger partial charge on any atom is -0.273 e. The van der Waals surface area contributed by atoms with Crippen molar-refractivity contribution in [3.8, 4) is 0 Å². The maximum atomic E-state index is 12.5. The summed E-state index contributed by atoms with van der Waals surface area (Å²) in [6.45, 7) is 8.03. The van der Waals surface area contributed by atoms with Gasteiger partial charge in [0.25, 0.3) is 0 Å². The van der Waals surface area contributed by atoms with Crippen molar-refractivity contribution in [3.63, 3.8) is 0 Å². The fourth-order valence-corrected chi connectivity index (χ4v) is 3.71. The van der Waals surface area contributed by atoms with Crippen LogP contribution in [-0.4, -0.2) is 28.0 Å². The van der Waals surface area contributed by atoms with E-state index in [0.717, 1.165) is 11.3 Å². The van der Waals surface area contributed by atoms with E-state index in [1.807, 2.05) is 20.9 Å². The third kappa shape index (κ3) is 2.86. The Hall–Kier alpha value is -1.67. The molecule has 0 aliphatic heterocycles. The average Bonchev–Trinajstić information content (AvgIpc) is 2.93. The number of hydrogen-bond donors (Lipinski definition) is 1. The van der Waals surface area contributed by atoms with E-state index in [4.69, 9.17) is 0 Å². The van der Waals surface area contributed by atoms with Crippen molar-refractivity contribution in [2.75, 3.05) is 0 Å². The Morgan fingerprint density at radius 1 is 1.24 bits per heavy atom. The minimum atomic E-state index is -3.61. The van der Waals surface area contributed by atoms with Crippen LogP contribution in [0.4, 0.5) is 0 Å². The summed E-state index contributed by atoms with van der Waals surface area (Å²) in [6.07, 6.45) is 3.08. The van der Waals surface area contributed by atoms with Gasteiger partial charge in [0, 0.05) is 30.9 Å². The number of rotatable bonds is 5. The smallest absolute Gasteiger partial charge is 0.244 e. The quantitative estimate of drug-likeness (QED) is 0.902. The van der Waals surface area contributed by atoms with Gasteiger partial charge in [-0.2, -0.15) is 10.2 Å². The van der Waals surface area contributed by atoms with Crippen molar-refractivity contribution < 1.29 is 8.42 Å². The van der Waals surface area contributed by atoms with Crippen molar-refractivity contribution in [1.29, 1.82) is 0 Å². The summed E-state index contributed by atoms with van der Waals surface area (Å²) in [5.74, 6) is 0. The third-order valence-electron chi connectivity index (χ3n) is 3.72. The van der Waals surface area contributed by atoms with Crippen LogP contribution in [0.25, 0.3) is 0 Å². The van der Waals surface area contributed by atoms with Crippen molar-refractivity contribution in [2.24, 2.45) is 7.05 Å². The van der Waals surface area contributed by atoms with Gasteiger partial charge in [-0.3, -0.25) is 9.36 Å². The molecule has 0 saturated carbocycles. The highest BCUT2D eigenvalue weighted by molar-refractivity contribution is 7.89. The van der Waals surface area contributed by atoms with Gasteiger partial charge in [-0.1, -0.05) is 0 Å². The molecule has 0 fully saturated rings. The van der Waals surface area contributed by atoms with E-state index in [9.17, 15) is 8.42 Å². The van der Waals surface area contributed by atoms with Crippen LogP contribution in [0.3, 0.4) is 0 Å². The first-order valence-electron chi connectivity index (χ1n) is 6.81. The topological polar surface area (TPSA) is 81.8 Å². The van der Waals surface area contributed by atoms with Crippen molar-refractivity contribution in [1.82, 2.24) is 24.3 Å². The molecule has 7 nitrogen and oxygen atoms in total. The Morgan fingerprint density at radius 3 is 2.38 bits per heavy atom. The fraction of sp³-hybridized carbons (Fsp3) is 0.538. The first-order valence-corrected chi connectivity index (χ1v) is 8.29. The SMILES string of the molecule is CCn1ncc(S(=O)(=O)NC(C)c2cnn(C)c2C)c1C. The Bertz CT molecular complexity index is 745. The van der Waals surface area contributed by atoms with Crippen LogP contribution < -0.4 is 4.72 Å². The molecule has 1 atom stereocenters. The van der Waals surface area contributed by atoms with Crippen LogP contribution in [-0.2, 0) is 23.6 Å². The van der Waals surface area contributed by atoms with Crippen LogP contribution in [0.5, 0.6) is 0 Å². The number of nitrogens with zero attached hydrogens (tertiary/aromatic N) is 4. The molecule has 2 aromatic rings. The predicted octanol–water partition coefficient (Wildman–Crippen LogP) is 1.29. The molecule has 116 valence electrons. The van der Waals surface area contributed by atoms with Gasteiger partial charge < -0.3 is 0 Å². The van der Waals surface area contributed by atoms with Gasteiger partial charge in [-0.05, 0) is 27.7 Å². The van der Waals surface area contributed by atoms with Crippen LogP contribution in [0, 0.1) is 13.8 Å². The predicted molar refractivity (Wildman–Crippen MR) is 79.3 cm³/mol. The van der Waals surface area contributed by atoms with Crippen LogP contribution >= 0.6 is 0 Å². The van der Waals surface area contributed by atoms with Crippen molar-refractivity contribution in [3.05, 3.63) is 29.3 Å². The van der Waals surface area contributed by atoms with Gasteiger partial charge in [-0.15, -0.1) is 0 Å². The minimum absolute atomic E-state index is 0.220. The molecule has 2 heterocycles. The molecule has 0 spiro atoms. The van der Waals surface area contributed by atoms with Gasteiger partial charge in [0.05, 0.1) is 18.1 Å². The molecule has 1 N–H and O–H groups in total. The molecule has 0 saturated heterocycles. The number of nitrogens with one attached hydrogen (secondary N) is 1. The summed E-state index contributed by atoms with van der Waals surface area (Å²) < 4.78 is 31.1. The molecule has 2 aromatic heterocycles. The number of hydrogen-bond acceptors (Lipinski definition) is 4.